The Hall–Kier alpha value is -4.06. The Bertz CT molecular complexity index is 1110. The molecule has 2 amide bonds. The molecule has 0 saturated heterocycles. The predicted molar refractivity (Wildman–Crippen MR) is 127 cm³/mol. The molecule has 0 N–H and O–H groups in total. The molecule has 0 fully saturated rings. The fourth-order valence-electron chi connectivity index (χ4n) is 3.38. The standard InChI is InChI=1S/C26H25N3O3/c1-27-22(21-16-10-11-17-23(21)32-3)18-24(28-2)29(25(30)19-12-6-4-7-13-19)26(31)20-14-8-5-9-15-20/h4-14,16-18,20H,2,15H2,1,3H3/b24-18+,27-22+. The van der Waals surface area contributed by atoms with Crippen molar-refractivity contribution in [2.75, 3.05) is 14.2 Å². The average molecular weight is 428 g/mol. The number of imide groups is 1. The molecule has 0 heterocycles. The quantitative estimate of drug-likeness (QED) is 0.484. The Morgan fingerprint density at radius 3 is 2.44 bits per heavy atom. The van der Waals surface area contributed by atoms with Gasteiger partial charge in [0.1, 0.15) is 11.6 Å². The Kier molecular flexibility index (Phi) is 7.65. The number of amides is 2. The van der Waals surface area contributed by atoms with Crippen molar-refractivity contribution in [1.82, 2.24) is 4.90 Å². The first-order valence-corrected chi connectivity index (χ1v) is 10.2. The summed E-state index contributed by atoms with van der Waals surface area (Å²) in [6.07, 6.45) is 9.43. The van der Waals surface area contributed by atoms with Crippen molar-refractivity contribution in [3.8, 4) is 5.75 Å². The van der Waals surface area contributed by atoms with Gasteiger partial charge in [-0.25, -0.2) is 9.89 Å². The fourth-order valence-corrected chi connectivity index (χ4v) is 3.38. The highest BCUT2D eigenvalue weighted by Crippen LogP contribution is 2.24. The summed E-state index contributed by atoms with van der Waals surface area (Å²) in [5.41, 5.74) is 1.58. The molecule has 162 valence electrons. The normalized spacial score (nSPS) is 15.9. The molecule has 6 heteroatoms. The molecule has 1 unspecified atom stereocenters. The van der Waals surface area contributed by atoms with Gasteiger partial charge < -0.3 is 4.74 Å². The highest BCUT2D eigenvalue weighted by Gasteiger charge is 2.31. The van der Waals surface area contributed by atoms with Crippen molar-refractivity contribution in [3.05, 3.63) is 102 Å². The number of ether oxygens (including phenoxy) is 1. The Morgan fingerprint density at radius 1 is 1.09 bits per heavy atom. The first-order valence-electron chi connectivity index (χ1n) is 10.2. The van der Waals surface area contributed by atoms with Gasteiger partial charge >= 0.3 is 0 Å². The molecule has 0 spiro atoms. The van der Waals surface area contributed by atoms with E-state index in [0.29, 0.717) is 29.0 Å². The number of hydrogen-bond acceptors (Lipinski definition) is 5. The molecule has 1 aliphatic carbocycles. The van der Waals surface area contributed by atoms with E-state index in [0.717, 1.165) is 4.90 Å². The van der Waals surface area contributed by atoms with Crippen LogP contribution in [0.1, 0.15) is 22.3 Å². The third kappa shape index (κ3) is 4.98. The lowest BCUT2D eigenvalue weighted by Crippen LogP contribution is -2.39. The van der Waals surface area contributed by atoms with E-state index in [1.54, 1.807) is 56.7 Å². The predicted octanol–water partition coefficient (Wildman–Crippen LogP) is 4.46. The number of aliphatic imine (C=N–C) groups is 2. The summed E-state index contributed by atoms with van der Waals surface area (Å²) in [6.45, 7) is 3.63. The number of nitrogens with zero attached hydrogens (tertiary/aromatic N) is 3. The van der Waals surface area contributed by atoms with Gasteiger partial charge in [0.05, 0.1) is 18.7 Å². The number of rotatable bonds is 7. The van der Waals surface area contributed by atoms with Crippen LogP contribution < -0.4 is 4.74 Å². The van der Waals surface area contributed by atoms with Crippen LogP contribution in [0.15, 0.2) is 101 Å². The second kappa shape index (κ2) is 10.8. The second-order valence-electron chi connectivity index (χ2n) is 6.97. The van der Waals surface area contributed by atoms with E-state index < -0.39 is 11.8 Å². The molecular weight excluding hydrogens is 402 g/mol. The lowest BCUT2D eigenvalue weighted by Gasteiger charge is -2.25. The molecule has 6 nitrogen and oxygen atoms in total. The molecule has 0 radical (unpaired) electrons. The van der Waals surface area contributed by atoms with E-state index in [1.807, 2.05) is 42.5 Å². The highest BCUT2D eigenvalue weighted by molar-refractivity contribution is 6.13. The van der Waals surface area contributed by atoms with Crippen molar-refractivity contribution in [2.24, 2.45) is 15.9 Å². The minimum Gasteiger partial charge on any atom is -0.496 e. The van der Waals surface area contributed by atoms with Gasteiger partial charge in [-0.15, -0.1) is 0 Å². The van der Waals surface area contributed by atoms with Gasteiger partial charge in [-0.1, -0.05) is 54.6 Å². The number of para-hydroxylation sites is 1. The lowest BCUT2D eigenvalue weighted by atomic mass is 9.98. The molecule has 2 aromatic rings. The van der Waals surface area contributed by atoms with Crippen LogP contribution in [-0.2, 0) is 4.79 Å². The third-order valence-corrected chi connectivity index (χ3v) is 5.02. The first-order chi connectivity index (χ1) is 15.6. The number of methoxy groups -OCH3 is 1. The molecule has 3 rings (SSSR count). The van der Waals surface area contributed by atoms with Gasteiger partial charge in [0.2, 0.25) is 5.91 Å². The van der Waals surface area contributed by atoms with Crippen LogP contribution in [0.2, 0.25) is 0 Å². The summed E-state index contributed by atoms with van der Waals surface area (Å²) < 4.78 is 5.44. The van der Waals surface area contributed by atoms with Crippen LogP contribution in [0.5, 0.6) is 5.75 Å². The SMILES string of the molecule is C=N/C(=C\C(=N/C)c1ccccc1OC)N(C(=O)c1ccccc1)C(=O)C1C=CC=CC1. The van der Waals surface area contributed by atoms with E-state index in [2.05, 4.69) is 16.7 Å². The van der Waals surface area contributed by atoms with Gasteiger partial charge in [-0.05, 0) is 37.4 Å². The largest absolute Gasteiger partial charge is 0.496 e. The summed E-state index contributed by atoms with van der Waals surface area (Å²) >= 11 is 0. The van der Waals surface area contributed by atoms with Gasteiger partial charge in [0, 0.05) is 24.3 Å². The summed E-state index contributed by atoms with van der Waals surface area (Å²) in [4.78, 5) is 36.4. The van der Waals surface area contributed by atoms with Gasteiger partial charge in [0.25, 0.3) is 5.91 Å². The van der Waals surface area contributed by atoms with Crippen molar-refractivity contribution in [1.29, 1.82) is 0 Å². The molecule has 1 atom stereocenters. The number of carbonyl (C=O) groups excluding carboxylic acids is 2. The minimum absolute atomic E-state index is 0.0957. The number of carbonyl (C=O) groups is 2. The zero-order valence-corrected chi connectivity index (χ0v) is 18.1. The second-order valence-corrected chi connectivity index (χ2v) is 6.97. The van der Waals surface area contributed by atoms with Crippen molar-refractivity contribution in [3.63, 3.8) is 0 Å². The molecule has 0 saturated carbocycles. The summed E-state index contributed by atoms with van der Waals surface area (Å²) in [7, 11) is 3.19. The van der Waals surface area contributed by atoms with Crippen molar-refractivity contribution in [2.45, 2.75) is 6.42 Å². The van der Waals surface area contributed by atoms with Crippen LogP contribution >= 0.6 is 0 Å². The monoisotopic (exact) mass is 427 g/mol. The van der Waals surface area contributed by atoms with Crippen molar-refractivity contribution < 1.29 is 14.3 Å². The van der Waals surface area contributed by atoms with Crippen LogP contribution in [0, 0.1) is 5.92 Å². The van der Waals surface area contributed by atoms with Gasteiger partial charge in [-0.3, -0.25) is 14.6 Å². The van der Waals surface area contributed by atoms with Crippen LogP contribution in [0.25, 0.3) is 0 Å². The molecule has 0 bridgehead atoms. The molecule has 0 aromatic heterocycles. The Balaban J connectivity index is 2.09. The number of hydrogen-bond donors (Lipinski definition) is 0. The van der Waals surface area contributed by atoms with E-state index in [4.69, 9.17) is 4.74 Å². The maximum Gasteiger partial charge on any atom is 0.266 e. The smallest absolute Gasteiger partial charge is 0.266 e. The first kappa shape index (κ1) is 22.6. The summed E-state index contributed by atoms with van der Waals surface area (Å²) in [6, 6.07) is 16.0. The average Bonchev–Trinajstić information content (AvgIpc) is 2.87. The fraction of sp³-hybridized carbons (Fsp3) is 0.154. The number of allylic oxidation sites excluding steroid dienone is 4. The van der Waals surface area contributed by atoms with E-state index in [-0.39, 0.29) is 11.7 Å². The van der Waals surface area contributed by atoms with Crippen LogP contribution in [0.4, 0.5) is 0 Å². The van der Waals surface area contributed by atoms with Crippen LogP contribution in [-0.4, -0.2) is 43.3 Å². The third-order valence-electron chi connectivity index (χ3n) is 5.02. The zero-order valence-electron chi connectivity index (χ0n) is 18.1. The molecule has 1 aliphatic rings. The van der Waals surface area contributed by atoms with E-state index >= 15 is 0 Å². The van der Waals surface area contributed by atoms with E-state index in [1.165, 1.54) is 0 Å². The maximum atomic E-state index is 13.5. The van der Waals surface area contributed by atoms with Crippen molar-refractivity contribution >= 4 is 24.2 Å². The Morgan fingerprint density at radius 2 is 1.81 bits per heavy atom. The minimum atomic E-state index is -0.480. The maximum absolute atomic E-state index is 13.5. The molecule has 2 aromatic carbocycles. The molecule has 0 aliphatic heterocycles. The van der Waals surface area contributed by atoms with Crippen LogP contribution in [0.3, 0.4) is 0 Å². The van der Waals surface area contributed by atoms with E-state index in [9.17, 15) is 9.59 Å². The summed E-state index contributed by atoms with van der Waals surface area (Å²) in [5.74, 6) is -0.633. The van der Waals surface area contributed by atoms with Gasteiger partial charge in [0.15, 0.2) is 0 Å². The Labute approximate surface area is 188 Å². The lowest BCUT2D eigenvalue weighted by molar-refractivity contribution is -0.129. The highest BCUT2D eigenvalue weighted by atomic mass is 16.5. The molecular formula is C26H25N3O3. The van der Waals surface area contributed by atoms with Gasteiger partial charge in [-0.2, -0.15) is 0 Å². The number of benzene rings is 2. The topological polar surface area (TPSA) is 71.3 Å². The zero-order chi connectivity index (χ0) is 22.9. The molecule has 32 heavy (non-hydrogen) atoms. The summed E-state index contributed by atoms with van der Waals surface area (Å²) in [5, 5.41) is 0.